The molecule has 0 aliphatic rings. The third-order valence-electron chi connectivity index (χ3n) is 3.49. The van der Waals surface area contributed by atoms with Crippen molar-refractivity contribution in [3.63, 3.8) is 0 Å². The molecule has 0 N–H and O–H groups in total. The molecule has 0 atom stereocenters. The van der Waals surface area contributed by atoms with Crippen molar-refractivity contribution in [2.75, 3.05) is 0 Å². The maximum Gasteiger partial charge on any atom is 0.155 e. The third kappa shape index (κ3) is 2.23. The lowest BCUT2D eigenvalue weighted by atomic mass is 10.0. The predicted molar refractivity (Wildman–Crippen MR) is 86.7 cm³/mol. The maximum absolute atomic E-state index is 6.11. The smallest absolute Gasteiger partial charge is 0.155 e. The molecule has 0 fully saturated rings. The second-order valence-corrected chi connectivity index (χ2v) is 5.33. The van der Waals surface area contributed by atoms with Gasteiger partial charge in [0, 0.05) is 34.1 Å². The minimum absolute atomic E-state index is 0.695. The minimum atomic E-state index is 0.695. The van der Waals surface area contributed by atoms with Gasteiger partial charge in [0.1, 0.15) is 6.33 Å². The van der Waals surface area contributed by atoms with E-state index >= 15 is 0 Å². The van der Waals surface area contributed by atoms with Crippen molar-refractivity contribution < 1.29 is 0 Å². The predicted octanol–water partition coefficient (Wildman–Crippen LogP) is 4.11. The highest BCUT2D eigenvalue weighted by Crippen LogP contribution is 2.31. The Bertz CT molecular complexity index is 961. The highest BCUT2D eigenvalue weighted by atomic mass is 35.5. The van der Waals surface area contributed by atoms with E-state index in [1.54, 1.807) is 17.0 Å². The number of aromatic nitrogens is 4. The van der Waals surface area contributed by atoms with Crippen LogP contribution in [0.15, 0.2) is 67.3 Å². The highest BCUT2D eigenvalue weighted by Gasteiger charge is 2.10. The first-order valence-electron chi connectivity index (χ1n) is 6.82. The molecule has 22 heavy (non-hydrogen) atoms. The number of nitrogens with zero attached hydrogens (tertiary/aromatic N) is 4. The highest BCUT2D eigenvalue weighted by molar-refractivity contribution is 6.30. The van der Waals surface area contributed by atoms with Crippen molar-refractivity contribution in [3.8, 4) is 22.4 Å². The lowest BCUT2D eigenvalue weighted by molar-refractivity contribution is 0.962. The largest absolute Gasteiger partial charge is 0.256 e. The van der Waals surface area contributed by atoms with Gasteiger partial charge in [-0.05, 0) is 30.3 Å². The summed E-state index contributed by atoms with van der Waals surface area (Å²) in [6, 6.07) is 15.6. The first-order valence-corrected chi connectivity index (χ1v) is 7.20. The summed E-state index contributed by atoms with van der Waals surface area (Å²) in [5.41, 5.74) is 4.76. The summed E-state index contributed by atoms with van der Waals surface area (Å²) in [6.07, 6.45) is 5.28. The van der Waals surface area contributed by atoms with Gasteiger partial charge in [-0.15, -0.1) is 0 Å². The molecule has 3 aromatic heterocycles. The van der Waals surface area contributed by atoms with Crippen molar-refractivity contribution in [1.29, 1.82) is 0 Å². The summed E-state index contributed by atoms with van der Waals surface area (Å²) in [6.45, 7) is 0. The lowest BCUT2D eigenvalue weighted by Gasteiger charge is -2.09. The topological polar surface area (TPSA) is 43.1 Å². The van der Waals surface area contributed by atoms with Gasteiger partial charge in [-0.25, -0.2) is 9.50 Å². The Morgan fingerprint density at radius 3 is 2.77 bits per heavy atom. The van der Waals surface area contributed by atoms with Gasteiger partial charge < -0.3 is 0 Å². The second-order valence-electron chi connectivity index (χ2n) is 4.89. The number of rotatable bonds is 2. The second kappa shape index (κ2) is 5.24. The monoisotopic (exact) mass is 306 g/mol. The molecule has 3 heterocycles. The van der Waals surface area contributed by atoms with Crippen LogP contribution in [0.5, 0.6) is 0 Å². The van der Waals surface area contributed by atoms with Gasteiger partial charge in [0.25, 0.3) is 0 Å². The average molecular weight is 307 g/mol. The van der Waals surface area contributed by atoms with Crippen molar-refractivity contribution in [1.82, 2.24) is 19.6 Å². The Labute approximate surface area is 132 Å². The third-order valence-corrected chi connectivity index (χ3v) is 3.73. The van der Waals surface area contributed by atoms with E-state index in [4.69, 9.17) is 11.6 Å². The van der Waals surface area contributed by atoms with E-state index in [1.165, 1.54) is 0 Å². The molecule has 5 heteroatoms. The van der Waals surface area contributed by atoms with Crippen molar-refractivity contribution in [2.45, 2.75) is 0 Å². The van der Waals surface area contributed by atoms with E-state index in [0.29, 0.717) is 5.02 Å². The molecule has 0 bridgehead atoms. The molecule has 0 aliphatic carbocycles. The van der Waals surface area contributed by atoms with Gasteiger partial charge in [0.15, 0.2) is 5.65 Å². The molecule has 0 aliphatic heterocycles. The van der Waals surface area contributed by atoms with E-state index in [1.807, 2.05) is 54.7 Å². The van der Waals surface area contributed by atoms with Gasteiger partial charge in [0.05, 0.1) is 5.69 Å². The van der Waals surface area contributed by atoms with Crippen molar-refractivity contribution in [2.24, 2.45) is 0 Å². The Hall–Kier alpha value is -2.72. The molecule has 4 nitrogen and oxygen atoms in total. The summed E-state index contributed by atoms with van der Waals surface area (Å²) in [7, 11) is 0. The Morgan fingerprint density at radius 1 is 0.909 bits per heavy atom. The number of pyridine rings is 2. The van der Waals surface area contributed by atoms with Gasteiger partial charge in [-0.1, -0.05) is 29.8 Å². The van der Waals surface area contributed by atoms with E-state index < -0.39 is 0 Å². The quantitative estimate of drug-likeness (QED) is 0.559. The van der Waals surface area contributed by atoms with Crippen LogP contribution in [0.25, 0.3) is 28.0 Å². The molecule has 4 rings (SSSR count). The normalized spacial score (nSPS) is 11.0. The van der Waals surface area contributed by atoms with Gasteiger partial charge in [-0.2, -0.15) is 5.10 Å². The number of hydrogen-bond acceptors (Lipinski definition) is 3. The molecular formula is C17H11ClN4. The first-order chi connectivity index (χ1) is 10.8. The van der Waals surface area contributed by atoms with Crippen LogP contribution in [0.2, 0.25) is 5.02 Å². The van der Waals surface area contributed by atoms with Crippen molar-refractivity contribution in [3.05, 3.63) is 72.3 Å². The Balaban J connectivity index is 1.92. The summed E-state index contributed by atoms with van der Waals surface area (Å²) in [4.78, 5) is 8.69. The molecule has 0 amide bonds. The molecule has 4 aromatic rings. The molecule has 0 saturated carbocycles. The summed E-state index contributed by atoms with van der Waals surface area (Å²) in [5, 5.41) is 4.88. The van der Waals surface area contributed by atoms with E-state index in [2.05, 4.69) is 15.1 Å². The van der Waals surface area contributed by atoms with E-state index in [0.717, 1.165) is 28.0 Å². The van der Waals surface area contributed by atoms with Gasteiger partial charge in [0.2, 0.25) is 0 Å². The fraction of sp³-hybridized carbons (Fsp3) is 0. The number of fused-ring (bicyclic) bond motifs is 1. The number of halogens is 1. The summed E-state index contributed by atoms with van der Waals surface area (Å²) < 4.78 is 1.75. The lowest BCUT2D eigenvalue weighted by Crippen LogP contribution is -1.92. The zero-order valence-electron chi connectivity index (χ0n) is 11.5. The van der Waals surface area contributed by atoms with Crippen LogP contribution >= 0.6 is 11.6 Å². The van der Waals surface area contributed by atoms with E-state index in [-0.39, 0.29) is 0 Å². The molecule has 1 aromatic carbocycles. The molecule has 0 spiro atoms. The Kier molecular flexibility index (Phi) is 3.09. The van der Waals surface area contributed by atoms with Crippen LogP contribution in [-0.2, 0) is 0 Å². The number of benzene rings is 1. The van der Waals surface area contributed by atoms with Gasteiger partial charge >= 0.3 is 0 Å². The Morgan fingerprint density at radius 2 is 1.86 bits per heavy atom. The number of hydrogen-bond donors (Lipinski definition) is 0. The van der Waals surface area contributed by atoms with E-state index in [9.17, 15) is 0 Å². The zero-order chi connectivity index (χ0) is 14.9. The molecule has 0 unspecified atom stereocenters. The van der Waals surface area contributed by atoms with Crippen molar-refractivity contribution >= 4 is 17.2 Å². The maximum atomic E-state index is 6.11. The minimum Gasteiger partial charge on any atom is -0.256 e. The van der Waals surface area contributed by atoms with Crippen LogP contribution in [0, 0.1) is 0 Å². The summed E-state index contributed by atoms with van der Waals surface area (Å²) in [5.74, 6) is 0. The fourth-order valence-corrected chi connectivity index (χ4v) is 2.67. The van der Waals surface area contributed by atoms with Crippen LogP contribution in [0.4, 0.5) is 0 Å². The van der Waals surface area contributed by atoms with Crippen LogP contribution in [-0.4, -0.2) is 19.6 Å². The zero-order valence-corrected chi connectivity index (χ0v) is 12.3. The first kappa shape index (κ1) is 13.0. The summed E-state index contributed by atoms with van der Waals surface area (Å²) >= 11 is 6.11. The van der Waals surface area contributed by atoms with Crippen LogP contribution in [0.1, 0.15) is 0 Å². The average Bonchev–Trinajstić information content (AvgIpc) is 3.02. The van der Waals surface area contributed by atoms with Crippen LogP contribution in [0.3, 0.4) is 0 Å². The molecule has 0 saturated heterocycles. The molecule has 106 valence electrons. The van der Waals surface area contributed by atoms with Crippen LogP contribution < -0.4 is 0 Å². The molecule has 0 radical (unpaired) electrons. The fourth-order valence-electron chi connectivity index (χ4n) is 2.48. The SMILES string of the molecule is Clc1cccc(-c2ncccc2-c2ccc3ncnn3c2)c1. The van der Waals surface area contributed by atoms with Gasteiger partial charge in [-0.3, -0.25) is 4.98 Å². The molecular weight excluding hydrogens is 296 g/mol. The standard InChI is InChI=1S/C17H11ClN4/c18-14-4-1-3-12(9-14)17-15(5-2-8-19-17)13-6-7-16-20-11-21-22(16)10-13/h1-11H.